The van der Waals surface area contributed by atoms with Crippen molar-refractivity contribution in [2.45, 2.75) is 19.4 Å². The molecule has 2 N–H and O–H groups in total. The second kappa shape index (κ2) is 8.75. The Morgan fingerprint density at radius 2 is 1.77 bits per heavy atom. The molecule has 0 aliphatic carbocycles. The van der Waals surface area contributed by atoms with Crippen LogP contribution in [-0.4, -0.2) is 23.1 Å². The first-order chi connectivity index (χ1) is 15.0. The molecule has 0 radical (unpaired) electrons. The molecular weight excluding hydrogens is 394 g/mol. The Morgan fingerprint density at radius 3 is 2.58 bits per heavy atom. The molecule has 1 aromatic heterocycles. The van der Waals surface area contributed by atoms with Crippen LogP contribution in [0.2, 0.25) is 0 Å². The summed E-state index contributed by atoms with van der Waals surface area (Å²) in [6.07, 6.45) is 0.431. The van der Waals surface area contributed by atoms with Crippen molar-refractivity contribution < 1.29 is 23.8 Å². The summed E-state index contributed by atoms with van der Waals surface area (Å²) in [5, 5.41) is 13.1. The summed E-state index contributed by atoms with van der Waals surface area (Å²) in [6.45, 7) is 1.53. The van der Waals surface area contributed by atoms with Gasteiger partial charge in [-0.05, 0) is 30.7 Å². The second-order valence-electron chi connectivity index (χ2n) is 7.15. The number of para-hydroxylation sites is 1. The molecule has 4 rings (SSSR count). The van der Waals surface area contributed by atoms with Crippen LogP contribution in [0.4, 0.5) is 5.69 Å². The Bertz CT molecular complexity index is 1230. The fourth-order valence-corrected chi connectivity index (χ4v) is 3.35. The second-order valence-corrected chi connectivity index (χ2v) is 7.15. The quantitative estimate of drug-likeness (QED) is 0.437. The number of carbonyl (C=O) groups excluding carboxylic acids is 2. The Morgan fingerprint density at radius 1 is 1.03 bits per heavy atom. The molecule has 0 aliphatic rings. The average molecular weight is 415 g/mol. The van der Waals surface area contributed by atoms with Gasteiger partial charge in [-0.1, -0.05) is 48.5 Å². The zero-order valence-corrected chi connectivity index (χ0v) is 16.9. The maximum atomic E-state index is 12.6. The van der Waals surface area contributed by atoms with Crippen molar-refractivity contribution in [1.29, 1.82) is 0 Å². The van der Waals surface area contributed by atoms with Gasteiger partial charge in [-0.15, -0.1) is 0 Å². The first kappa shape index (κ1) is 20.2. The van der Waals surface area contributed by atoms with Crippen molar-refractivity contribution in [2.24, 2.45) is 0 Å². The monoisotopic (exact) mass is 415 g/mol. The van der Waals surface area contributed by atoms with Crippen molar-refractivity contribution in [1.82, 2.24) is 0 Å². The highest BCUT2D eigenvalue weighted by Gasteiger charge is 2.20. The molecule has 0 unspecified atom stereocenters. The molecule has 0 saturated carbocycles. The molecule has 0 saturated heterocycles. The fraction of sp³-hybridized carbons (Fsp3) is 0.120. The van der Waals surface area contributed by atoms with Gasteiger partial charge in [-0.25, -0.2) is 0 Å². The zero-order valence-electron chi connectivity index (χ0n) is 16.9. The molecule has 0 bridgehead atoms. The van der Waals surface area contributed by atoms with Crippen LogP contribution in [0.15, 0.2) is 83.5 Å². The van der Waals surface area contributed by atoms with E-state index in [4.69, 9.17) is 9.15 Å². The topological polar surface area (TPSA) is 88.8 Å². The molecule has 6 nitrogen and oxygen atoms in total. The number of rotatable bonds is 6. The summed E-state index contributed by atoms with van der Waals surface area (Å²) in [7, 11) is 0. The highest BCUT2D eigenvalue weighted by atomic mass is 16.5. The van der Waals surface area contributed by atoms with Gasteiger partial charge in [0.15, 0.2) is 6.10 Å². The lowest BCUT2D eigenvalue weighted by Crippen LogP contribution is -2.30. The summed E-state index contributed by atoms with van der Waals surface area (Å²) >= 11 is 0. The highest BCUT2D eigenvalue weighted by molar-refractivity contribution is 5.98. The van der Waals surface area contributed by atoms with Gasteiger partial charge in [-0.2, -0.15) is 0 Å². The number of hydrogen-bond acceptors (Lipinski definition) is 5. The summed E-state index contributed by atoms with van der Waals surface area (Å²) in [4.78, 5) is 25.0. The number of anilines is 1. The lowest BCUT2D eigenvalue weighted by Gasteiger charge is -2.16. The van der Waals surface area contributed by atoms with Gasteiger partial charge < -0.3 is 19.6 Å². The summed E-state index contributed by atoms with van der Waals surface area (Å²) in [6, 6.07) is 21.8. The maximum absolute atomic E-state index is 12.6. The molecule has 31 heavy (non-hydrogen) atoms. The largest absolute Gasteiger partial charge is 0.508 e. The Balaban J connectivity index is 1.42. The van der Waals surface area contributed by atoms with E-state index in [2.05, 4.69) is 5.32 Å². The summed E-state index contributed by atoms with van der Waals surface area (Å²) in [5.74, 6) is -0.884. The Hall–Kier alpha value is -4.06. The van der Waals surface area contributed by atoms with E-state index in [1.54, 1.807) is 6.07 Å². The smallest absolute Gasteiger partial charge is 0.311 e. The minimum atomic E-state index is -0.974. The molecule has 156 valence electrons. The number of phenolic OH excluding ortho intramolecular Hbond substituents is 1. The van der Waals surface area contributed by atoms with Gasteiger partial charge in [0.2, 0.25) is 0 Å². The summed E-state index contributed by atoms with van der Waals surface area (Å²) < 4.78 is 10.7. The van der Waals surface area contributed by atoms with Gasteiger partial charge >= 0.3 is 5.97 Å². The van der Waals surface area contributed by atoms with Crippen LogP contribution >= 0.6 is 0 Å². The molecule has 1 amide bonds. The lowest BCUT2D eigenvalue weighted by atomic mass is 10.0. The Labute approximate surface area is 179 Å². The number of ether oxygens (including phenoxy) is 1. The number of carbonyl (C=O) groups is 2. The van der Waals surface area contributed by atoms with Crippen LogP contribution in [0.1, 0.15) is 12.5 Å². The van der Waals surface area contributed by atoms with Crippen molar-refractivity contribution in [3.8, 4) is 16.9 Å². The standard InChI is InChI=1S/C25H21NO5/c1-16(31-24(28)13-18-15-30-23-14-19(27)11-12-21(18)23)25(29)26-22-10-6-5-9-20(22)17-7-3-2-4-8-17/h2-12,14-16,27H,13H2,1H3,(H,26,29)/t16-/m1/s1. The number of furan rings is 1. The molecule has 0 spiro atoms. The molecule has 1 heterocycles. The minimum Gasteiger partial charge on any atom is -0.508 e. The number of esters is 1. The average Bonchev–Trinajstić information content (AvgIpc) is 3.16. The molecule has 4 aromatic rings. The number of phenols is 1. The van der Waals surface area contributed by atoms with Gasteiger partial charge in [0.1, 0.15) is 11.3 Å². The molecule has 1 atom stereocenters. The van der Waals surface area contributed by atoms with Gasteiger partial charge in [0.25, 0.3) is 5.91 Å². The number of benzene rings is 3. The van der Waals surface area contributed by atoms with E-state index in [0.29, 0.717) is 22.2 Å². The minimum absolute atomic E-state index is 0.0456. The normalized spacial score (nSPS) is 11.8. The lowest BCUT2D eigenvalue weighted by molar-refractivity contribution is -0.152. The maximum Gasteiger partial charge on any atom is 0.311 e. The van der Waals surface area contributed by atoms with Crippen LogP contribution in [0.5, 0.6) is 5.75 Å². The highest BCUT2D eigenvalue weighted by Crippen LogP contribution is 2.28. The van der Waals surface area contributed by atoms with Crippen LogP contribution in [0.25, 0.3) is 22.1 Å². The van der Waals surface area contributed by atoms with Gasteiger partial charge in [0.05, 0.1) is 12.7 Å². The van der Waals surface area contributed by atoms with Gasteiger partial charge in [-0.3, -0.25) is 9.59 Å². The fourth-order valence-electron chi connectivity index (χ4n) is 3.35. The molecule has 6 heteroatoms. The van der Waals surface area contributed by atoms with Crippen molar-refractivity contribution in [2.75, 3.05) is 5.32 Å². The first-order valence-electron chi connectivity index (χ1n) is 9.85. The van der Waals surface area contributed by atoms with Crippen molar-refractivity contribution in [3.63, 3.8) is 0 Å². The number of fused-ring (bicyclic) bond motifs is 1. The van der Waals surface area contributed by atoms with Gasteiger partial charge in [0, 0.05) is 28.3 Å². The number of aromatic hydroxyl groups is 1. The van der Waals surface area contributed by atoms with Crippen LogP contribution < -0.4 is 5.32 Å². The number of hydrogen-bond donors (Lipinski definition) is 2. The summed E-state index contributed by atoms with van der Waals surface area (Å²) in [5.41, 5.74) is 3.60. The van der Waals surface area contributed by atoms with E-state index in [1.165, 1.54) is 25.3 Å². The first-order valence-corrected chi connectivity index (χ1v) is 9.85. The zero-order chi connectivity index (χ0) is 21.8. The third-order valence-corrected chi connectivity index (χ3v) is 4.92. The van der Waals surface area contributed by atoms with E-state index in [0.717, 1.165) is 11.1 Å². The third-order valence-electron chi connectivity index (χ3n) is 4.92. The molecular formula is C25H21NO5. The van der Waals surface area contributed by atoms with E-state index in [9.17, 15) is 14.7 Å². The van der Waals surface area contributed by atoms with E-state index >= 15 is 0 Å². The molecule has 3 aromatic carbocycles. The van der Waals surface area contributed by atoms with Crippen LogP contribution in [-0.2, 0) is 20.7 Å². The Kier molecular flexibility index (Phi) is 5.71. The van der Waals surface area contributed by atoms with E-state index in [-0.39, 0.29) is 12.2 Å². The molecule has 0 fully saturated rings. The number of amides is 1. The van der Waals surface area contributed by atoms with Crippen molar-refractivity contribution >= 4 is 28.5 Å². The van der Waals surface area contributed by atoms with Crippen LogP contribution in [0.3, 0.4) is 0 Å². The molecule has 0 aliphatic heterocycles. The van der Waals surface area contributed by atoms with Crippen LogP contribution in [0, 0.1) is 0 Å². The van der Waals surface area contributed by atoms with E-state index in [1.807, 2.05) is 54.6 Å². The predicted molar refractivity (Wildman–Crippen MR) is 118 cm³/mol. The third kappa shape index (κ3) is 4.59. The van der Waals surface area contributed by atoms with E-state index < -0.39 is 18.0 Å². The number of nitrogens with one attached hydrogen (secondary N) is 1. The SMILES string of the molecule is C[C@@H](OC(=O)Cc1coc2cc(O)ccc12)C(=O)Nc1ccccc1-c1ccccc1. The predicted octanol–water partition coefficient (Wildman–Crippen LogP) is 4.92. The van der Waals surface area contributed by atoms with Crippen molar-refractivity contribution in [3.05, 3.63) is 84.6 Å².